The van der Waals surface area contributed by atoms with Crippen molar-refractivity contribution < 1.29 is 9.47 Å². The molecule has 0 aromatic rings. The van der Waals surface area contributed by atoms with Gasteiger partial charge in [0, 0.05) is 31.8 Å². The Morgan fingerprint density at radius 3 is 2.67 bits per heavy atom. The highest BCUT2D eigenvalue weighted by Gasteiger charge is 2.47. The van der Waals surface area contributed by atoms with Crippen molar-refractivity contribution in [1.82, 2.24) is 5.32 Å². The van der Waals surface area contributed by atoms with Crippen LogP contribution in [0.3, 0.4) is 0 Å². The number of methoxy groups -OCH3 is 1. The molecule has 90 valence electrons. The van der Waals surface area contributed by atoms with Crippen LogP contribution in [0.2, 0.25) is 0 Å². The third kappa shape index (κ3) is 3.16. The number of ether oxygens (including phenoxy) is 2. The molecule has 0 bridgehead atoms. The highest BCUT2D eigenvalue weighted by Crippen LogP contribution is 2.42. The third-order valence-corrected chi connectivity index (χ3v) is 3.52. The van der Waals surface area contributed by atoms with Crippen molar-refractivity contribution >= 4 is 0 Å². The molecule has 0 aromatic heterocycles. The zero-order valence-electron chi connectivity index (χ0n) is 10.5. The van der Waals surface area contributed by atoms with Crippen molar-refractivity contribution in [2.24, 2.45) is 5.41 Å². The molecule has 0 aliphatic heterocycles. The molecule has 0 amide bonds. The maximum atomic E-state index is 5.41. The molecule has 1 saturated carbocycles. The minimum absolute atomic E-state index is 0.278. The molecule has 1 aliphatic rings. The van der Waals surface area contributed by atoms with E-state index in [-0.39, 0.29) is 5.41 Å². The van der Waals surface area contributed by atoms with Crippen LogP contribution in [0.4, 0.5) is 0 Å². The average Bonchev–Trinajstić information content (AvgIpc) is 2.21. The fourth-order valence-electron chi connectivity index (χ4n) is 2.23. The van der Waals surface area contributed by atoms with Crippen molar-refractivity contribution in [3.05, 3.63) is 0 Å². The van der Waals surface area contributed by atoms with Gasteiger partial charge in [-0.05, 0) is 26.3 Å². The Labute approximate surface area is 93.5 Å². The minimum atomic E-state index is 0.278. The zero-order chi connectivity index (χ0) is 11.3. The Morgan fingerprint density at radius 1 is 1.40 bits per heavy atom. The van der Waals surface area contributed by atoms with E-state index in [1.165, 1.54) is 0 Å². The smallest absolute Gasteiger partial charge is 0.0652 e. The fourth-order valence-corrected chi connectivity index (χ4v) is 2.23. The zero-order valence-corrected chi connectivity index (χ0v) is 10.5. The molecule has 1 N–H and O–H groups in total. The van der Waals surface area contributed by atoms with Crippen molar-refractivity contribution in [2.45, 2.75) is 45.8 Å². The van der Waals surface area contributed by atoms with E-state index in [0.29, 0.717) is 12.1 Å². The molecule has 1 aliphatic carbocycles. The summed E-state index contributed by atoms with van der Waals surface area (Å²) in [6.45, 7) is 9.30. The summed E-state index contributed by atoms with van der Waals surface area (Å²) in [4.78, 5) is 0. The highest BCUT2D eigenvalue weighted by atomic mass is 16.5. The second kappa shape index (κ2) is 5.83. The first-order chi connectivity index (χ1) is 7.12. The molecule has 3 nitrogen and oxygen atoms in total. The normalized spacial score (nSPS) is 28.8. The predicted molar refractivity (Wildman–Crippen MR) is 62.1 cm³/mol. The Kier molecular flexibility index (Phi) is 5.03. The maximum Gasteiger partial charge on any atom is 0.0652 e. The van der Waals surface area contributed by atoms with Crippen LogP contribution in [-0.2, 0) is 9.47 Å². The number of hydrogen-bond acceptors (Lipinski definition) is 3. The average molecular weight is 215 g/mol. The molecule has 0 heterocycles. The quantitative estimate of drug-likeness (QED) is 0.657. The summed E-state index contributed by atoms with van der Waals surface area (Å²) in [5, 5.41) is 3.57. The molecular formula is C12H25NO2. The Hall–Kier alpha value is -0.120. The highest BCUT2D eigenvalue weighted by molar-refractivity contribution is 5.02. The summed E-state index contributed by atoms with van der Waals surface area (Å²) < 4.78 is 10.7. The van der Waals surface area contributed by atoms with Gasteiger partial charge in [-0.3, -0.25) is 0 Å². The summed E-state index contributed by atoms with van der Waals surface area (Å²) in [6.07, 6.45) is 2.65. The lowest BCUT2D eigenvalue weighted by atomic mass is 9.64. The number of hydrogen-bond donors (Lipinski definition) is 1. The second-order valence-electron chi connectivity index (χ2n) is 4.84. The molecule has 0 spiro atoms. The topological polar surface area (TPSA) is 30.5 Å². The van der Waals surface area contributed by atoms with Crippen molar-refractivity contribution in [1.29, 1.82) is 0 Å². The van der Waals surface area contributed by atoms with Gasteiger partial charge in [-0.15, -0.1) is 0 Å². The molecule has 2 atom stereocenters. The van der Waals surface area contributed by atoms with Gasteiger partial charge in [0.15, 0.2) is 0 Å². The number of rotatable bonds is 7. The van der Waals surface area contributed by atoms with Gasteiger partial charge in [0.25, 0.3) is 0 Å². The summed E-state index contributed by atoms with van der Waals surface area (Å²) in [7, 11) is 1.80. The second-order valence-corrected chi connectivity index (χ2v) is 4.84. The predicted octanol–water partition coefficient (Wildman–Crippen LogP) is 1.82. The molecule has 0 saturated heterocycles. The van der Waals surface area contributed by atoms with E-state index in [1.54, 1.807) is 7.11 Å². The van der Waals surface area contributed by atoms with Crippen LogP contribution in [-0.4, -0.2) is 39.0 Å². The summed E-state index contributed by atoms with van der Waals surface area (Å²) in [6, 6.07) is 0.601. The molecule has 15 heavy (non-hydrogen) atoms. The lowest BCUT2D eigenvalue weighted by Gasteiger charge is -2.51. The largest absolute Gasteiger partial charge is 0.382 e. The monoisotopic (exact) mass is 215 g/mol. The first-order valence-electron chi connectivity index (χ1n) is 5.96. The van der Waals surface area contributed by atoms with Gasteiger partial charge < -0.3 is 14.8 Å². The van der Waals surface area contributed by atoms with Crippen molar-refractivity contribution in [3.8, 4) is 0 Å². The van der Waals surface area contributed by atoms with Crippen molar-refractivity contribution in [2.75, 3.05) is 26.9 Å². The van der Waals surface area contributed by atoms with Crippen LogP contribution >= 0.6 is 0 Å². The van der Waals surface area contributed by atoms with Gasteiger partial charge in [-0.25, -0.2) is 0 Å². The van der Waals surface area contributed by atoms with Crippen LogP contribution in [0.25, 0.3) is 0 Å². The summed E-state index contributed by atoms with van der Waals surface area (Å²) >= 11 is 0. The maximum absolute atomic E-state index is 5.41. The van der Waals surface area contributed by atoms with Gasteiger partial charge in [0.1, 0.15) is 0 Å². The van der Waals surface area contributed by atoms with Gasteiger partial charge in [0.05, 0.1) is 6.10 Å². The molecular weight excluding hydrogens is 190 g/mol. The minimum Gasteiger partial charge on any atom is -0.382 e. The first kappa shape index (κ1) is 12.9. The van der Waals surface area contributed by atoms with Gasteiger partial charge in [0.2, 0.25) is 0 Å². The first-order valence-corrected chi connectivity index (χ1v) is 5.96. The summed E-state index contributed by atoms with van der Waals surface area (Å²) in [5.74, 6) is 0. The van der Waals surface area contributed by atoms with Crippen LogP contribution in [0, 0.1) is 5.41 Å². The Balaban J connectivity index is 2.08. The molecule has 2 unspecified atom stereocenters. The van der Waals surface area contributed by atoms with E-state index < -0.39 is 0 Å². The lowest BCUT2D eigenvalue weighted by Crippen LogP contribution is -2.60. The lowest BCUT2D eigenvalue weighted by molar-refractivity contribution is -0.0975. The van der Waals surface area contributed by atoms with Crippen LogP contribution in [0.5, 0.6) is 0 Å². The van der Waals surface area contributed by atoms with Gasteiger partial charge >= 0.3 is 0 Å². The van der Waals surface area contributed by atoms with E-state index in [1.807, 2.05) is 6.92 Å². The Morgan fingerprint density at radius 2 is 2.13 bits per heavy atom. The standard InChI is InChI=1S/C12H25NO2/c1-5-15-8-6-7-13-10-9-11(14-4)12(10,2)3/h10-11,13H,5-9H2,1-4H3. The molecule has 3 heteroatoms. The fraction of sp³-hybridized carbons (Fsp3) is 1.00. The third-order valence-electron chi connectivity index (χ3n) is 3.52. The van der Waals surface area contributed by atoms with E-state index >= 15 is 0 Å². The van der Waals surface area contributed by atoms with E-state index in [2.05, 4.69) is 19.2 Å². The SMILES string of the molecule is CCOCCCNC1CC(OC)C1(C)C. The molecule has 1 rings (SSSR count). The Bertz CT molecular complexity index is 182. The van der Waals surface area contributed by atoms with E-state index in [9.17, 15) is 0 Å². The summed E-state index contributed by atoms with van der Waals surface area (Å²) in [5.41, 5.74) is 0.278. The van der Waals surface area contributed by atoms with E-state index in [0.717, 1.165) is 32.6 Å². The van der Waals surface area contributed by atoms with Crippen LogP contribution < -0.4 is 5.32 Å². The molecule has 1 fully saturated rings. The van der Waals surface area contributed by atoms with Crippen molar-refractivity contribution in [3.63, 3.8) is 0 Å². The molecule has 0 aromatic carbocycles. The molecule has 0 radical (unpaired) electrons. The van der Waals surface area contributed by atoms with Crippen LogP contribution in [0.1, 0.15) is 33.6 Å². The number of nitrogens with one attached hydrogen (secondary N) is 1. The van der Waals surface area contributed by atoms with Crippen LogP contribution in [0.15, 0.2) is 0 Å². The van der Waals surface area contributed by atoms with Gasteiger partial charge in [-0.1, -0.05) is 13.8 Å². The van der Waals surface area contributed by atoms with E-state index in [4.69, 9.17) is 9.47 Å². The van der Waals surface area contributed by atoms with Gasteiger partial charge in [-0.2, -0.15) is 0 Å².